The van der Waals surface area contributed by atoms with Gasteiger partial charge >= 0.3 is 0 Å². The molecule has 26 heteroatoms. The van der Waals surface area contributed by atoms with E-state index in [1.165, 1.54) is 52.0 Å². The third-order valence-corrected chi connectivity index (χ3v) is 16.3. The average Bonchev–Trinajstić information content (AvgIpc) is 3.82. The molecule has 3 aromatic carbocycles. The third-order valence-electron chi connectivity index (χ3n) is 13.0. The number of nitrogens with two attached hydrogens (primary N) is 4. The molecule has 1 aliphatic heterocycles. The van der Waals surface area contributed by atoms with Crippen molar-refractivity contribution < 1.29 is 53.7 Å². The van der Waals surface area contributed by atoms with Crippen LogP contribution in [0.4, 0.5) is 0 Å². The Hall–Kier alpha value is -7.39. The van der Waals surface area contributed by atoms with Crippen molar-refractivity contribution in [3.05, 3.63) is 102 Å². The van der Waals surface area contributed by atoms with Gasteiger partial charge in [-0.2, -0.15) is 0 Å². The molecule has 0 aliphatic carbocycles. The molecule has 4 aromatic rings. The van der Waals surface area contributed by atoms with Crippen LogP contribution in [0.5, 0.6) is 5.75 Å². The number of hydrogen-bond donors (Lipinski definition) is 15. The van der Waals surface area contributed by atoms with E-state index in [0.717, 1.165) is 27.2 Å². The molecule has 0 bridgehead atoms. The summed E-state index contributed by atoms with van der Waals surface area (Å²) in [6.45, 7) is 7.19. The van der Waals surface area contributed by atoms with Crippen LogP contribution in [0.3, 0.4) is 0 Å². The van der Waals surface area contributed by atoms with Gasteiger partial charge in [0.05, 0.1) is 18.2 Å². The number of hydrogen-bond acceptors (Lipinski definition) is 15. The van der Waals surface area contributed by atoms with Gasteiger partial charge in [0.15, 0.2) is 5.96 Å². The minimum absolute atomic E-state index is 0.00378. The van der Waals surface area contributed by atoms with E-state index in [2.05, 4.69) is 47.2 Å². The molecule has 5 rings (SSSR count). The van der Waals surface area contributed by atoms with Crippen LogP contribution < -0.4 is 60.2 Å². The van der Waals surface area contributed by atoms with Crippen LogP contribution in [0.1, 0.15) is 70.1 Å². The van der Waals surface area contributed by atoms with Crippen LogP contribution in [-0.2, 0) is 51.2 Å². The number of carbonyl (C=O) groups excluding carboxylic acids is 8. The van der Waals surface area contributed by atoms with Crippen molar-refractivity contribution in [2.45, 2.75) is 132 Å². The first-order valence-electron chi connectivity index (χ1n) is 25.1. The highest BCUT2D eigenvalue weighted by Crippen LogP contribution is 2.39. The Morgan fingerprint density at radius 1 is 0.769 bits per heavy atom. The number of fused-ring (bicyclic) bond motifs is 1. The summed E-state index contributed by atoms with van der Waals surface area (Å²) >= 11 is 0. The molecule has 0 radical (unpaired) electrons. The molecule has 2 heterocycles. The minimum atomic E-state index is -1.80. The van der Waals surface area contributed by atoms with Gasteiger partial charge in [0, 0.05) is 52.9 Å². The number of amides is 8. The fourth-order valence-electron chi connectivity index (χ4n) is 8.45. The van der Waals surface area contributed by atoms with E-state index >= 15 is 0 Å². The maximum absolute atomic E-state index is 14.9. The largest absolute Gasteiger partial charge is 0.508 e. The van der Waals surface area contributed by atoms with Gasteiger partial charge in [-0.1, -0.05) is 89.2 Å². The Kier molecular flexibility index (Phi) is 22.3. The lowest BCUT2D eigenvalue weighted by Gasteiger charge is -2.36. The van der Waals surface area contributed by atoms with Gasteiger partial charge in [-0.15, -0.1) is 0 Å². The fourth-order valence-corrected chi connectivity index (χ4v) is 11.3. The number of primary amides is 1. The van der Waals surface area contributed by atoms with Crippen molar-refractivity contribution in [1.82, 2.24) is 42.2 Å². The molecule has 1 saturated heterocycles. The van der Waals surface area contributed by atoms with E-state index in [1.807, 2.05) is 6.07 Å². The number of nitrogens with zero attached hydrogens (tertiary/aromatic N) is 1. The molecule has 422 valence electrons. The number of phenols is 1. The number of guanidine groups is 1. The molecule has 11 atom stereocenters. The number of benzene rings is 3. The Morgan fingerprint density at radius 3 is 2.00 bits per heavy atom. The van der Waals surface area contributed by atoms with E-state index in [9.17, 15) is 53.7 Å². The van der Waals surface area contributed by atoms with Crippen LogP contribution in [0.2, 0.25) is 0 Å². The Morgan fingerprint density at radius 2 is 1.37 bits per heavy atom. The number of phenolic OH excluding ortho intramolecular Hbond substituents is 1. The molecule has 8 amide bonds. The number of aliphatic hydroxyl groups excluding tert-OH is 2. The number of para-hydroxylation sites is 1. The standard InChI is InChI=1S/C52H71N13O11S2/c1-26(30-12-7-6-8-13-30)39(53)48(74)62-38-25-77-78-52(4,5)42(50(76)63-40(27(2)66)43(54)69)65-49(75)41(28(3)67)64-44(70)35(16-11-21-57-51(55)56)59-46(72)37(23-31-24-58-34-15-10-9-14-33(31)34)61-45(71)36(60-47(38)73)22-29-17-19-32(68)20-18-29/h6-10,12-15,17-20,24,26-28,35-42,58,66-68H,11,16,21-23,25,53H2,1-5H3,(H2,54,69)(H,59,72)(H,60,73)(H,61,71)(H,62,74)(H,63,76)(H,64,70)(H,65,75)(H4,55,56,57)/t26-,27+,28+,35-,36-,37-,38-,39-,40-,41+,42-/m0/s1. The molecule has 0 saturated carbocycles. The molecule has 0 unspecified atom stereocenters. The van der Waals surface area contributed by atoms with Crippen LogP contribution in [0.25, 0.3) is 10.9 Å². The van der Waals surface area contributed by atoms with Crippen molar-refractivity contribution in [2.75, 3.05) is 12.3 Å². The summed E-state index contributed by atoms with van der Waals surface area (Å²) in [4.78, 5) is 121. The molecule has 24 nitrogen and oxygen atoms in total. The van der Waals surface area contributed by atoms with Crippen molar-refractivity contribution in [1.29, 1.82) is 0 Å². The number of aromatic amines is 1. The lowest BCUT2D eigenvalue weighted by molar-refractivity contribution is -0.137. The number of aromatic nitrogens is 1. The summed E-state index contributed by atoms with van der Waals surface area (Å²) in [7, 11) is 1.92. The van der Waals surface area contributed by atoms with Crippen LogP contribution in [0.15, 0.2) is 90.1 Å². The molecular weight excluding hydrogens is 1050 g/mol. The molecule has 1 aliphatic rings. The zero-order chi connectivity index (χ0) is 57.4. The van der Waals surface area contributed by atoms with Gasteiger partial charge in [0.25, 0.3) is 0 Å². The highest BCUT2D eigenvalue weighted by atomic mass is 33.1. The van der Waals surface area contributed by atoms with Crippen LogP contribution in [0, 0.1) is 0 Å². The normalized spacial score (nSPS) is 22.8. The number of rotatable bonds is 17. The summed E-state index contributed by atoms with van der Waals surface area (Å²) in [5.74, 6) is -8.71. The third kappa shape index (κ3) is 17.3. The van der Waals surface area contributed by atoms with Gasteiger partial charge in [-0.25, -0.2) is 0 Å². The zero-order valence-electron chi connectivity index (χ0n) is 43.9. The van der Waals surface area contributed by atoms with Gasteiger partial charge in [0.2, 0.25) is 47.3 Å². The number of nitrogens with one attached hydrogen (secondary N) is 8. The lowest BCUT2D eigenvalue weighted by atomic mass is 9.93. The van der Waals surface area contributed by atoms with Gasteiger partial charge in [-0.05, 0) is 75.4 Å². The summed E-state index contributed by atoms with van der Waals surface area (Å²) in [5, 5.41) is 50.8. The number of aliphatic imine (C=N–C) groups is 1. The maximum Gasteiger partial charge on any atom is 0.245 e. The van der Waals surface area contributed by atoms with E-state index < -0.39 is 118 Å². The number of aliphatic hydroxyl groups is 2. The zero-order valence-corrected chi connectivity index (χ0v) is 45.5. The maximum atomic E-state index is 14.9. The number of H-pyrrole nitrogens is 1. The molecular formula is C52H71N13O11S2. The summed E-state index contributed by atoms with van der Waals surface area (Å²) < 4.78 is -1.45. The highest BCUT2D eigenvalue weighted by molar-refractivity contribution is 8.77. The predicted octanol–water partition coefficient (Wildman–Crippen LogP) is -1.34. The minimum Gasteiger partial charge on any atom is -0.508 e. The topological polar surface area (TPSA) is 414 Å². The van der Waals surface area contributed by atoms with Gasteiger partial charge in [0.1, 0.15) is 48.0 Å². The Bertz CT molecular complexity index is 2780. The Labute approximate surface area is 459 Å². The summed E-state index contributed by atoms with van der Waals surface area (Å²) in [6, 6.07) is 9.79. The smallest absolute Gasteiger partial charge is 0.245 e. The van der Waals surface area contributed by atoms with Crippen molar-refractivity contribution in [3.8, 4) is 5.75 Å². The second-order valence-corrected chi connectivity index (χ2v) is 22.6. The second kappa shape index (κ2) is 28.3. The SMILES string of the molecule is C[C@@H](O)[C@H](NC(=O)[C@@H]1NC(=O)[C@@H]([C@@H](C)O)NC(=O)[C@H](CCCN=C(N)N)NC(=O)[C@H](Cc2c[nH]c3ccccc23)NC(=O)[C@H](Cc2ccc(O)cc2)NC(=O)[C@@H](NC(=O)[C@@H](N)[C@@H](C)c2ccccc2)CSSC1(C)C)C(N)=O. The number of aromatic hydroxyl groups is 1. The van der Waals surface area contributed by atoms with Crippen molar-refractivity contribution in [2.24, 2.45) is 27.9 Å². The molecule has 0 spiro atoms. The average molecular weight is 1120 g/mol. The van der Waals surface area contributed by atoms with Gasteiger partial charge in [-0.3, -0.25) is 43.3 Å². The first kappa shape index (κ1) is 61.5. The molecule has 1 fully saturated rings. The first-order chi connectivity index (χ1) is 36.9. The fraction of sp³-hybridized carbons (Fsp3) is 0.442. The predicted molar refractivity (Wildman–Crippen MR) is 297 cm³/mol. The van der Waals surface area contributed by atoms with E-state index in [-0.39, 0.29) is 49.7 Å². The molecule has 78 heavy (non-hydrogen) atoms. The van der Waals surface area contributed by atoms with E-state index in [1.54, 1.807) is 61.7 Å². The van der Waals surface area contributed by atoms with E-state index in [0.29, 0.717) is 22.0 Å². The van der Waals surface area contributed by atoms with E-state index in [4.69, 9.17) is 22.9 Å². The lowest BCUT2D eigenvalue weighted by Crippen LogP contribution is -2.65. The summed E-state index contributed by atoms with van der Waals surface area (Å²) in [6.07, 6.45) is -1.93. The second-order valence-electron chi connectivity index (χ2n) is 19.6. The quantitative estimate of drug-likeness (QED) is 0.0252. The van der Waals surface area contributed by atoms with Gasteiger partial charge < -0.3 is 80.5 Å². The molecule has 19 N–H and O–H groups in total. The number of carbonyl (C=O) groups is 8. The van der Waals surface area contributed by atoms with Crippen LogP contribution >= 0.6 is 21.6 Å². The Balaban J connectivity index is 1.65. The van der Waals surface area contributed by atoms with Crippen LogP contribution in [-0.4, -0.2) is 151 Å². The van der Waals surface area contributed by atoms with Crippen molar-refractivity contribution >= 4 is 85.7 Å². The highest BCUT2D eigenvalue weighted by Gasteiger charge is 2.43. The monoisotopic (exact) mass is 1120 g/mol. The summed E-state index contributed by atoms with van der Waals surface area (Å²) in [5.41, 5.74) is 25.7. The first-order valence-corrected chi connectivity index (χ1v) is 27.5. The molecule has 1 aromatic heterocycles. The van der Waals surface area contributed by atoms with Crippen molar-refractivity contribution in [3.63, 3.8) is 0 Å².